The minimum atomic E-state index is -5.11. The second kappa shape index (κ2) is 18.0. The van der Waals surface area contributed by atoms with E-state index >= 15 is 0 Å². The summed E-state index contributed by atoms with van der Waals surface area (Å²) in [5.74, 6) is -2.60. The molecule has 0 atom stereocenters. The molecule has 8 N–H and O–H groups in total. The molecule has 6 heterocycles. The summed E-state index contributed by atoms with van der Waals surface area (Å²) in [4.78, 5) is 43.8. The molecule has 35 heteroatoms. The van der Waals surface area contributed by atoms with Crippen LogP contribution in [0.4, 0.5) is 23.3 Å². The largest absolute Gasteiger partial charge is 2.00 e. The number of nitrogens with one attached hydrogen (secondary N) is 2. The van der Waals surface area contributed by atoms with Gasteiger partial charge in [0.1, 0.15) is 19.6 Å². The number of rotatable bonds is 9. The van der Waals surface area contributed by atoms with Gasteiger partial charge in [0, 0.05) is 55.6 Å². The first kappa shape index (κ1) is 51.7. The van der Waals surface area contributed by atoms with E-state index in [9.17, 15) is 60.3 Å². The second-order valence-electron chi connectivity index (χ2n) is 15.8. The number of fused-ring (bicyclic) bond motifs is 20. The molecular formula is C41H23ClCuN14O14S5. The zero-order chi connectivity index (χ0) is 53.3. The number of anilines is 4. The van der Waals surface area contributed by atoms with E-state index in [0.717, 1.165) is 42.5 Å². The fourth-order valence-electron chi connectivity index (χ4n) is 8.26. The first-order chi connectivity index (χ1) is 35.2. The average Bonchev–Trinajstić information content (AvgIpc) is 4.10. The maximum absolute atomic E-state index is 14.7. The number of nitrogens with zero attached hydrogens (tertiary/aromatic N) is 11. The van der Waals surface area contributed by atoms with Gasteiger partial charge in [-0.3, -0.25) is 22.9 Å². The summed E-state index contributed by atoms with van der Waals surface area (Å²) >= 11 is 5.89. The van der Waals surface area contributed by atoms with Gasteiger partial charge < -0.3 is 41.0 Å². The quantitative estimate of drug-likeness (QED) is 0.0790. The number of nitrogens with two attached hydrogens (primary N) is 1. The van der Waals surface area contributed by atoms with Gasteiger partial charge in [-0.05, 0) is 64.8 Å². The smallest absolute Gasteiger partial charge is 0.368 e. The Labute approximate surface area is 440 Å². The van der Waals surface area contributed by atoms with Gasteiger partial charge in [0.25, 0.3) is 50.5 Å². The fraction of sp³-hybridized carbons (Fsp3) is 0. The number of nitrogen functional groups attached to an aromatic ring is 1. The molecule has 0 saturated heterocycles. The van der Waals surface area contributed by atoms with Crippen LogP contribution in [0.2, 0.25) is 5.28 Å². The van der Waals surface area contributed by atoms with Crippen molar-refractivity contribution in [2.24, 2.45) is 0 Å². The first-order valence-corrected chi connectivity index (χ1v) is 28.1. The van der Waals surface area contributed by atoms with Crippen LogP contribution in [0, 0.1) is 0 Å². The van der Waals surface area contributed by atoms with Crippen LogP contribution in [0.15, 0.2) is 115 Å². The molecular weight excluding hydrogens is 1170 g/mol. The molecule has 1 radical (unpaired) electrons. The Hall–Kier alpha value is -7.73. The molecule has 8 bridgehead atoms. The predicted octanol–water partition coefficient (Wildman–Crippen LogP) is 4.08. The van der Waals surface area contributed by atoms with Gasteiger partial charge in [-0.25, -0.2) is 18.4 Å². The third-order valence-electron chi connectivity index (χ3n) is 11.2. The SMILES string of the molecule is Nc1nc(Cl)nc(Nc2cc(NS(=O)(=O)c3cccc4c5nc6nc(nc7[n-]c(nc8nc(nc([n-]5)c34)-c3cccc(S(=O)(=O)O)c3-8)c3cccc(S(=O)(=O)O)c73)-c3cccc(S(=O)(=O)O)c3-6)ccc2S(=O)(=O)O)n1.[Cu+2]. The molecule has 5 aromatic carbocycles. The molecule has 0 aliphatic carbocycles. The van der Waals surface area contributed by atoms with Crippen LogP contribution >= 0.6 is 11.6 Å². The van der Waals surface area contributed by atoms with E-state index in [0.29, 0.717) is 0 Å². The van der Waals surface area contributed by atoms with Gasteiger partial charge in [-0.15, -0.1) is 0 Å². The first-order valence-electron chi connectivity index (χ1n) is 20.5. The molecule has 0 fully saturated rings. The number of halogens is 1. The Balaban J connectivity index is 0.00000657. The van der Waals surface area contributed by atoms with E-state index in [1.54, 1.807) is 0 Å². The maximum atomic E-state index is 14.7. The van der Waals surface area contributed by atoms with Crippen molar-refractivity contribution in [2.45, 2.75) is 24.5 Å². The van der Waals surface area contributed by atoms with Crippen molar-refractivity contribution in [2.75, 3.05) is 15.8 Å². The normalized spacial score (nSPS) is 12.8. The molecule has 0 saturated carbocycles. The minimum absolute atomic E-state index is 0. The van der Waals surface area contributed by atoms with Gasteiger partial charge in [0.05, 0.1) is 39.6 Å². The van der Waals surface area contributed by atoms with E-state index in [4.69, 9.17) is 17.3 Å². The van der Waals surface area contributed by atoms with Crippen molar-refractivity contribution in [3.8, 4) is 45.6 Å². The summed E-state index contributed by atoms with van der Waals surface area (Å²) < 4.78 is 176. The van der Waals surface area contributed by atoms with Crippen molar-refractivity contribution < 1.29 is 77.4 Å². The molecule has 9 aromatic rings. The zero-order valence-corrected chi connectivity index (χ0v) is 42.5. The van der Waals surface area contributed by atoms with Gasteiger partial charge in [0.15, 0.2) is 0 Å². The van der Waals surface area contributed by atoms with E-state index in [1.807, 2.05) is 0 Å². The third-order valence-corrected chi connectivity index (χ3v) is 16.4. The Morgan fingerprint density at radius 2 is 0.921 bits per heavy atom. The van der Waals surface area contributed by atoms with Gasteiger partial charge in [-0.1, -0.05) is 48.5 Å². The Morgan fingerprint density at radius 3 is 1.41 bits per heavy atom. The van der Waals surface area contributed by atoms with E-state index < -0.39 is 132 Å². The summed E-state index contributed by atoms with van der Waals surface area (Å²) in [6.45, 7) is 0. The molecule has 0 amide bonds. The molecule has 76 heavy (non-hydrogen) atoms. The fourth-order valence-corrected chi connectivity index (χ4v) is 12.5. The summed E-state index contributed by atoms with van der Waals surface area (Å²) in [6.07, 6.45) is 0. The molecule has 2 aliphatic rings. The van der Waals surface area contributed by atoms with Crippen molar-refractivity contribution in [1.29, 1.82) is 0 Å². The van der Waals surface area contributed by atoms with Crippen LogP contribution in [-0.2, 0) is 67.6 Å². The average molecular weight is 1200 g/mol. The predicted molar refractivity (Wildman–Crippen MR) is 263 cm³/mol. The number of sulfonamides is 1. The second-order valence-corrected chi connectivity index (χ2v) is 23.4. The third kappa shape index (κ3) is 9.09. The van der Waals surface area contributed by atoms with Gasteiger partial charge in [-0.2, -0.15) is 48.6 Å². The van der Waals surface area contributed by atoms with Crippen molar-refractivity contribution in [1.82, 2.24) is 54.8 Å². The standard InChI is InChI=1S/C41H23ClN14O14S5.Cu/c42-39-53-40(43)55-41(54-39)44-21-15-16(13-14-22(21)72(59,60)61)56-71(57,58)23-9-1-5-17-27(23)35-45-31(17)47-36-29-19(7-3-11-25(29)74(65,66)67)33(49-36)51-38-30-20(8-4-12-26(30)75(68,69)70)34(52-38)50-37-28-18(32(46-35)48-37)6-2-10-24(28)73(62,63)64;/h1-15,56H,(H7-2,43,44,45,46,47,48,49,50,51,52,53,54,55,59,60,61,62,63,64,65,66,67,68,69,70);/q-2;+2. The summed E-state index contributed by atoms with van der Waals surface area (Å²) in [5, 5.41) is 1.19. The zero-order valence-electron chi connectivity index (χ0n) is 36.7. The molecule has 0 spiro atoms. The molecule has 4 aromatic heterocycles. The minimum Gasteiger partial charge on any atom is -0.368 e. The number of hydrogen-bond donors (Lipinski definition) is 7. The summed E-state index contributed by atoms with van der Waals surface area (Å²) in [6, 6.07) is 17.2. The van der Waals surface area contributed by atoms with Crippen LogP contribution in [0.1, 0.15) is 0 Å². The van der Waals surface area contributed by atoms with Crippen molar-refractivity contribution >= 4 is 130 Å². The molecule has 389 valence electrons. The Bertz CT molecular complexity index is 4800. The van der Waals surface area contributed by atoms with E-state index in [-0.39, 0.29) is 78.2 Å². The molecule has 0 unspecified atom stereocenters. The van der Waals surface area contributed by atoms with Crippen LogP contribution < -0.4 is 25.7 Å². The maximum Gasteiger partial charge on any atom is 2.00 e. The molecule has 28 nitrogen and oxygen atoms in total. The number of aromatic nitrogens is 11. The Kier molecular flexibility index (Phi) is 12.2. The van der Waals surface area contributed by atoms with Crippen LogP contribution in [0.25, 0.3) is 89.7 Å². The summed E-state index contributed by atoms with van der Waals surface area (Å²) in [7, 11) is -25.2. The molecule has 2 aliphatic heterocycles. The van der Waals surface area contributed by atoms with Gasteiger partial charge in [0.2, 0.25) is 17.2 Å². The van der Waals surface area contributed by atoms with Crippen molar-refractivity contribution in [3.05, 3.63) is 96.3 Å². The van der Waals surface area contributed by atoms with Crippen LogP contribution in [0.3, 0.4) is 0 Å². The number of hydrogen-bond acceptors (Lipinski definition) is 21. The summed E-state index contributed by atoms with van der Waals surface area (Å²) in [5.41, 5.74) is 2.09. The van der Waals surface area contributed by atoms with Crippen LogP contribution in [0.5, 0.6) is 0 Å². The van der Waals surface area contributed by atoms with E-state index in [1.165, 1.54) is 48.5 Å². The monoisotopic (exact) mass is 1190 g/mol. The van der Waals surface area contributed by atoms with Gasteiger partial charge >= 0.3 is 17.1 Å². The Morgan fingerprint density at radius 1 is 0.474 bits per heavy atom. The number of benzene rings is 5. The topological polar surface area (TPSA) is 446 Å². The van der Waals surface area contributed by atoms with Crippen LogP contribution in [-0.4, -0.2) is 105 Å². The van der Waals surface area contributed by atoms with E-state index in [2.05, 4.69) is 64.9 Å². The molecule has 11 rings (SSSR count). The van der Waals surface area contributed by atoms with Crippen molar-refractivity contribution in [3.63, 3.8) is 0 Å².